The van der Waals surface area contributed by atoms with Gasteiger partial charge in [0, 0.05) is 12.5 Å². The van der Waals surface area contributed by atoms with Crippen LogP contribution in [0.5, 0.6) is 0 Å². The third kappa shape index (κ3) is 4.13. The molecule has 158 valence electrons. The highest BCUT2D eigenvalue weighted by Crippen LogP contribution is 2.41. The van der Waals surface area contributed by atoms with E-state index in [0.29, 0.717) is 31.5 Å². The molecule has 30 heavy (non-hydrogen) atoms. The van der Waals surface area contributed by atoms with Crippen molar-refractivity contribution in [3.8, 4) is 0 Å². The number of aryl methyl sites for hydroxylation is 3. The van der Waals surface area contributed by atoms with Crippen LogP contribution in [0.25, 0.3) is 0 Å². The van der Waals surface area contributed by atoms with Crippen LogP contribution in [0.2, 0.25) is 0 Å². The Morgan fingerprint density at radius 1 is 1.07 bits per heavy atom. The van der Waals surface area contributed by atoms with E-state index in [9.17, 15) is 12.8 Å². The molecule has 4 rings (SSSR count). The van der Waals surface area contributed by atoms with Crippen molar-refractivity contribution in [1.29, 1.82) is 0 Å². The topological polar surface area (TPSA) is 81.0 Å². The fourth-order valence-electron chi connectivity index (χ4n) is 4.04. The number of sulfonamides is 1. The number of tetrazole rings is 1. The zero-order valence-electron chi connectivity index (χ0n) is 16.9. The summed E-state index contributed by atoms with van der Waals surface area (Å²) in [5.41, 5.74) is 1.79. The summed E-state index contributed by atoms with van der Waals surface area (Å²) in [7, 11) is -2.03. The minimum Gasteiger partial charge on any atom is -0.207 e. The summed E-state index contributed by atoms with van der Waals surface area (Å²) in [6.07, 6.45) is 2.52. The number of nitrogens with zero attached hydrogens (tertiary/aromatic N) is 5. The third-order valence-corrected chi connectivity index (χ3v) is 7.52. The first-order valence-corrected chi connectivity index (χ1v) is 11.4. The summed E-state index contributed by atoms with van der Waals surface area (Å²) >= 11 is 0. The predicted octanol–water partition coefficient (Wildman–Crippen LogP) is 3.18. The van der Waals surface area contributed by atoms with Crippen molar-refractivity contribution in [2.24, 2.45) is 7.05 Å². The van der Waals surface area contributed by atoms with Crippen LogP contribution in [0.4, 0.5) is 4.39 Å². The van der Waals surface area contributed by atoms with E-state index in [4.69, 9.17) is 0 Å². The van der Waals surface area contributed by atoms with Crippen molar-refractivity contribution in [3.05, 3.63) is 71.3 Å². The minimum absolute atomic E-state index is 0.199. The molecule has 2 atom stereocenters. The average molecular weight is 430 g/mol. The summed E-state index contributed by atoms with van der Waals surface area (Å²) in [5, 5.41) is 12.1. The number of hydrogen-bond donors (Lipinski definition) is 0. The van der Waals surface area contributed by atoms with E-state index >= 15 is 0 Å². The highest BCUT2D eigenvalue weighted by atomic mass is 32.2. The molecule has 1 fully saturated rings. The Bertz CT molecular complexity index is 1110. The van der Waals surface area contributed by atoms with Gasteiger partial charge in [0.2, 0.25) is 10.0 Å². The van der Waals surface area contributed by atoms with Crippen LogP contribution in [-0.2, 0) is 23.5 Å². The van der Waals surface area contributed by atoms with Gasteiger partial charge in [-0.25, -0.2) is 12.8 Å². The zero-order valence-corrected chi connectivity index (χ0v) is 17.8. The highest BCUT2D eigenvalue weighted by Gasteiger charge is 2.42. The lowest BCUT2D eigenvalue weighted by molar-refractivity contribution is 0.312. The molecule has 9 heteroatoms. The maximum atomic E-state index is 13.6. The largest absolute Gasteiger partial charge is 0.243 e. The zero-order chi connectivity index (χ0) is 21.3. The number of hydrogen-bond acceptors (Lipinski definition) is 5. The molecule has 0 bridgehead atoms. The number of halogens is 1. The first kappa shape index (κ1) is 20.6. The lowest BCUT2D eigenvalue weighted by Crippen LogP contribution is -2.37. The number of rotatable bonds is 6. The molecule has 3 aromatic rings. The molecular formula is C21H24FN5O2S. The molecule has 7 nitrogen and oxygen atoms in total. The summed E-state index contributed by atoms with van der Waals surface area (Å²) in [6, 6.07) is 12.5. The van der Waals surface area contributed by atoms with Gasteiger partial charge in [0.1, 0.15) is 5.82 Å². The van der Waals surface area contributed by atoms with Gasteiger partial charge < -0.3 is 0 Å². The molecule has 0 spiro atoms. The molecule has 1 saturated heterocycles. The van der Waals surface area contributed by atoms with E-state index in [2.05, 4.69) is 15.4 Å². The van der Waals surface area contributed by atoms with Gasteiger partial charge >= 0.3 is 0 Å². The maximum absolute atomic E-state index is 13.6. The SMILES string of the molecule is Cc1ccc(S(=O)(=O)N2C(CCc3nnn(C)n3)CCC2c2ccc(F)cc2)cc1. The molecule has 0 saturated carbocycles. The van der Waals surface area contributed by atoms with E-state index < -0.39 is 10.0 Å². The van der Waals surface area contributed by atoms with Gasteiger partial charge in [0.15, 0.2) is 5.82 Å². The van der Waals surface area contributed by atoms with Gasteiger partial charge in [0.05, 0.1) is 18.0 Å². The smallest absolute Gasteiger partial charge is 0.207 e. The highest BCUT2D eigenvalue weighted by molar-refractivity contribution is 7.89. The van der Waals surface area contributed by atoms with Crippen molar-refractivity contribution in [3.63, 3.8) is 0 Å². The quantitative estimate of drug-likeness (QED) is 0.601. The van der Waals surface area contributed by atoms with Crippen LogP contribution < -0.4 is 0 Å². The van der Waals surface area contributed by atoms with Crippen LogP contribution in [0.15, 0.2) is 53.4 Å². The summed E-state index contributed by atoms with van der Waals surface area (Å²) in [4.78, 5) is 1.66. The van der Waals surface area contributed by atoms with E-state index in [1.54, 1.807) is 47.8 Å². The third-order valence-electron chi connectivity index (χ3n) is 5.54. The second-order valence-corrected chi connectivity index (χ2v) is 9.52. The Labute approximate surface area is 175 Å². The van der Waals surface area contributed by atoms with Crippen molar-refractivity contribution in [2.75, 3.05) is 0 Å². The van der Waals surface area contributed by atoms with Gasteiger partial charge in [-0.2, -0.15) is 9.10 Å². The lowest BCUT2D eigenvalue weighted by atomic mass is 10.0. The Hall–Kier alpha value is -2.65. The molecule has 1 aliphatic heterocycles. The van der Waals surface area contributed by atoms with Crippen LogP contribution in [-0.4, -0.2) is 39.0 Å². The normalized spacial score (nSPS) is 20.0. The summed E-state index contributed by atoms with van der Waals surface area (Å²) in [5.74, 6) is 0.255. The van der Waals surface area contributed by atoms with Crippen molar-refractivity contribution >= 4 is 10.0 Å². The van der Waals surface area contributed by atoms with Crippen LogP contribution in [0.3, 0.4) is 0 Å². The average Bonchev–Trinajstić information content (AvgIpc) is 3.34. The van der Waals surface area contributed by atoms with Crippen LogP contribution in [0.1, 0.15) is 42.3 Å². The molecule has 0 N–H and O–H groups in total. The summed E-state index contributed by atoms with van der Waals surface area (Å²) < 4.78 is 42.3. The number of aromatic nitrogens is 4. The van der Waals surface area contributed by atoms with Crippen LogP contribution >= 0.6 is 0 Å². The molecule has 0 amide bonds. The second-order valence-electron chi connectivity index (χ2n) is 7.68. The second kappa shape index (κ2) is 8.23. The maximum Gasteiger partial charge on any atom is 0.243 e. The standard InChI is InChI=1S/C21H24FN5O2S/c1-15-3-11-19(12-4-15)30(28,29)27-18(10-14-21-23-25-26(2)24-21)9-13-20(27)16-5-7-17(22)8-6-16/h3-8,11-12,18,20H,9-10,13-14H2,1-2H3. The molecule has 0 aliphatic carbocycles. The Kier molecular flexibility index (Phi) is 5.66. The number of benzene rings is 2. The van der Waals surface area contributed by atoms with Gasteiger partial charge in [-0.05, 0) is 61.2 Å². The van der Waals surface area contributed by atoms with Crippen molar-refractivity contribution < 1.29 is 12.8 Å². The molecule has 2 aromatic carbocycles. The molecule has 2 heterocycles. The predicted molar refractivity (Wildman–Crippen MR) is 109 cm³/mol. The minimum atomic E-state index is -3.73. The monoisotopic (exact) mass is 429 g/mol. The molecule has 0 radical (unpaired) electrons. The van der Waals surface area contributed by atoms with Gasteiger partial charge in [-0.15, -0.1) is 10.2 Å². The molecule has 1 aliphatic rings. The van der Waals surface area contributed by atoms with Gasteiger partial charge in [-0.3, -0.25) is 0 Å². The molecular weight excluding hydrogens is 405 g/mol. The van der Waals surface area contributed by atoms with Gasteiger partial charge in [0.25, 0.3) is 0 Å². The van der Waals surface area contributed by atoms with E-state index in [1.807, 2.05) is 6.92 Å². The van der Waals surface area contributed by atoms with E-state index in [1.165, 1.54) is 16.9 Å². The van der Waals surface area contributed by atoms with Gasteiger partial charge in [-0.1, -0.05) is 29.8 Å². The van der Waals surface area contributed by atoms with E-state index in [-0.39, 0.29) is 22.8 Å². The first-order valence-electron chi connectivity index (χ1n) is 9.93. The fourth-order valence-corrected chi connectivity index (χ4v) is 5.93. The lowest BCUT2D eigenvalue weighted by Gasteiger charge is -2.30. The molecule has 1 aromatic heterocycles. The summed E-state index contributed by atoms with van der Waals surface area (Å²) in [6.45, 7) is 1.92. The van der Waals surface area contributed by atoms with E-state index in [0.717, 1.165) is 11.1 Å². The van der Waals surface area contributed by atoms with Crippen molar-refractivity contribution in [1.82, 2.24) is 24.5 Å². The van der Waals surface area contributed by atoms with Crippen LogP contribution in [0, 0.1) is 12.7 Å². The van der Waals surface area contributed by atoms with Crippen molar-refractivity contribution in [2.45, 2.75) is 49.6 Å². The Balaban J connectivity index is 1.67. The Morgan fingerprint density at radius 3 is 2.40 bits per heavy atom. The fraction of sp³-hybridized carbons (Fsp3) is 0.381. The molecule has 2 unspecified atom stereocenters. The Morgan fingerprint density at radius 2 is 1.77 bits per heavy atom. The first-order chi connectivity index (χ1) is 14.3.